The van der Waals surface area contributed by atoms with Crippen LogP contribution in [0.5, 0.6) is 0 Å². The van der Waals surface area contributed by atoms with Gasteiger partial charge in [-0.25, -0.2) is 0 Å². The predicted octanol–water partition coefficient (Wildman–Crippen LogP) is 6.24. The van der Waals surface area contributed by atoms with E-state index in [4.69, 9.17) is 5.26 Å². The number of carbonyl (C=O) groups excluding carboxylic acids is 1. The molecule has 27 heavy (non-hydrogen) atoms. The molecule has 0 aromatic carbocycles. The average molecular weight is 366 g/mol. The van der Waals surface area contributed by atoms with E-state index in [9.17, 15) is 4.79 Å². The van der Waals surface area contributed by atoms with E-state index >= 15 is 0 Å². The maximum atomic E-state index is 11.9. The number of unbranched alkanes of at least 4 members (excludes halogenated alkanes) is 1. The third-order valence-electron chi connectivity index (χ3n) is 9.22. The molecule has 0 bridgehead atoms. The fourth-order valence-corrected chi connectivity index (χ4v) is 7.68. The highest BCUT2D eigenvalue weighted by atomic mass is 16.1. The van der Waals surface area contributed by atoms with Crippen LogP contribution in [-0.4, -0.2) is 5.78 Å². The summed E-state index contributed by atoms with van der Waals surface area (Å²) < 4.78 is 0. The zero-order valence-corrected chi connectivity index (χ0v) is 17.3. The Morgan fingerprint density at radius 1 is 1.22 bits per heavy atom. The Morgan fingerprint density at radius 3 is 2.81 bits per heavy atom. The first-order chi connectivity index (χ1) is 12.9. The monoisotopic (exact) mass is 365 g/mol. The van der Waals surface area contributed by atoms with Gasteiger partial charge in [-0.2, -0.15) is 5.26 Å². The van der Waals surface area contributed by atoms with Crippen LogP contribution >= 0.6 is 0 Å². The molecular formula is C25H35NO. The van der Waals surface area contributed by atoms with E-state index in [1.807, 2.05) is 6.08 Å². The SMILES string of the molecule is C[C@H](CCCC#N)[C@H]1CC[C@H]2[C@@H]3C=CC4=CC(=O)CC[C@]4(C)[C@H]3CC[C@]12C. The third-order valence-corrected chi connectivity index (χ3v) is 9.22. The minimum atomic E-state index is 0.213. The molecule has 0 spiro atoms. The molecule has 2 heteroatoms. The predicted molar refractivity (Wildman–Crippen MR) is 109 cm³/mol. The van der Waals surface area contributed by atoms with Crippen LogP contribution in [0.3, 0.4) is 0 Å². The minimum absolute atomic E-state index is 0.213. The molecule has 2 saturated carbocycles. The minimum Gasteiger partial charge on any atom is -0.295 e. The van der Waals surface area contributed by atoms with Gasteiger partial charge < -0.3 is 0 Å². The van der Waals surface area contributed by atoms with Crippen LogP contribution in [0.2, 0.25) is 0 Å². The fraction of sp³-hybridized carbons (Fsp3) is 0.760. The third kappa shape index (κ3) is 2.93. The van der Waals surface area contributed by atoms with Crippen molar-refractivity contribution in [2.24, 2.45) is 40.4 Å². The summed E-state index contributed by atoms with van der Waals surface area (Å²) in [5.74, 6) is 4.07. The molecule has 0 N–H and O–H groups in total. The Hall–Kier alpha value is -1.36. The molecule has 4 aliphatic rings. The highest BCUT2D eigenvalue weighted by Crippen LogP contribution is 2.66. The second kappa shape index (κ2) is 6.91. The van der Waals surface area contributed by atoms with Crippen molar-refractivity contribution in [1.29, 1.82) is 5.26 Å². The lowest BCUT2D eigenvalue weighted by atomic mass is 9.48. The molecule has 0 saturated heterocycles. The van der Waals surface area contributed by atoms with Crippen LogP contribution < -0.4 is 0 Å². The lowest BCUT2D eigenvalue weighted by Gasteiger charge is -2.56. The summed E-state index contributed by atoms with van der Waals surface area (Å²) in [5.41, 5.74) is 1.98. The summed E-state index contributed by atoms with van der Waals surface area (Å²) in [6.45, 7) is 7.46. The Balaban J connectivity index is 1.57. The largest absolute Gasteiger partial charge is 0.295 e. The van der Waals surface area contributed by atoms with Gasteiger partial charge in [0.2, 0.25) is 0 Å². The second-order valence-corrected chi connectivity index (χ2v) is 10.4. The normalized spacial score (nSPS) is 43.9. The van der Waals surface area contributed by atoms with Gasteiger partial charge in [0.1, 0.15) is 0 Å². The van der Waals surface area contributed by atoms with E-state index in [2.05, 4.69) is 39.0 Å². The molecular weight excluding hydrogens is 330 g/mol. The molecule has 146 valence electrons. The van der Waals surface area contributed by atoms with Gasteiger partial charge in [0.15, 0.2) is 5.78 Å². The molecule has 0 unspecified atom stereocenters. The lowest BCUT2D eigenvalue weighted by Crippen LogP contribution is -2.49. The first-order valence-electron chi connectivity index (χ1n) is 11.2. The highest BCUT2D eigenvalue weighted by molar-refractivity contribution is 5.92. The Labute approximate surface area is 165 Å². The number of nitriles is 1. The molecule has 2 nitrogen and oxygen atoms in total. The molecule has 0 aromatic rings. The van der Waals surface area contributed by atoms with Gasteiger partial charge in [0.25, 0.3) is 0 Å². The van der Waals surface area contributed by atoms with Crippen molar-refractivity contribution in [3.8, 4) is 6.07 Å². The average Bonchev–Trinajstić information content (AvgIpc) is 3.00. The van der Waals surface area contributed by atoms with Crippen molar-refractivity contribution in [2.75, 3.05) is 0 Å². The summed E-state index contributed by atoms with van der Waals surface area (Å²) in [4.78, 5) is 11.9. The van der Waals surface area contributed by atoms with Crippen LogP contribution in [0.25, 0.3) is 0 Å². The summed E-state index contributed by atoms with van der Waals surface area (Å²) >= 11 is 0. The fourth-order valence-electron chi connectivity index (χ4n) is 7.68. The lowest BCUT2D eigenvalue weighted by molar-refractivity contribution is -0.116. The van der Waals surface area contributed by atoms with Crippen molar-refractivity contribution in [2.45, 2.75) is 78.6 Å². The van der Waals surface area contributed by atoms with Gasteiger partial charge in [0.05, 0.1) is 6.07 Å². The first kappa shape index (κ1) is 19.0. The van der Waals surface area contributed by atoms with Crippen LogP contribution in [-0.2, 0) is 4.79 Å². The molecule has 4 rings (SSSR count). The molecule has 0 radical (unpaired) electrons. The zero-order chi connectivity index (χ0) is 19.2. The topological polar surface area (TPSA) is 40.9 Å². The molecule has 0 aromatic heterocycles. The van der Waals surface area contributed by atoms with Crippen molar-refractivity contribution in [3.63, 3.8) is 0 Å². The van der Waals surface area contributed by atoms with E-state index in [0.717, 1.165) is 37.0 Å². The molecule has 7 atom stereocenters. The molecule has 4 aliphatic carbocycles. The number of allylic oxidation sites excluding steroid dienone is 4. The van der Waals surface area contributed by atoms with E-state index < -0.39 is 0 Å². The summed E-state index contributed by atoms with van der Waals surface area (Å²) in [5, 5.41) is 8.86. The Bertz CT molecular complexity index is 712. The van der Waals surface area contributed by atoms with E-state index in [-0.39, 0.29) is 5.41 Å². The number of hydrogen-bond acceptors (Lipinski definition) is 2. The second-order valence-electron chi connectivity index (χ2n) is 10.4. The highest BCUT2D eigenvalue weighted by Gasteiger charge is 2.58. The maximum Gasteiger partial charge on any atom is 0.156 e. The number of fused-ring (bicyclic) bond motifs is 5. The van der Waals surface area contributed by atoms with Crippen molar-refractivity contribution in [3.05, 3.63) is 23.8 Å². The maximum absolute atomic E-state index is 11.9. The van der Waals surface area contributed by atoms with Gasteiger partial charge in [0, 0.05) is 12.8 Å². The summed E-state index contributed by atoms with van der Waals surface area (Å²) in [6.07, 6.45) is 16.9. The number of rotatable bonds is 4. The smallest absolute Gasteiger partial charge is 0.156 e. The number of carbonyl (C=O) groups is 1. The molecule has 0 aliphatic heterocycles. The molecule has 0 amide bonds. The van der Waals surface area contributed by atoms with Gasteiger partial charge >= 0.3 is 0 Å². The Kier molecular flexibility index (Phi) is 4.86. The van der Waals surface area contributed by atoms with E-state index in [1.54, 1.807) is 0 Å². The van der Waals surface area contributed by atoms with Gasteiger partial charge in [-0.05, 0) is 97.0 Å². The van der Waals surface area contributed by atoms with Gasteiger partial charge in [-0.15, -0.1) is 0 Å². The standard InChI is InChI=1S/C25H35NO/c1-17(6-4-5-15-26)21-9-10-22-20-8-7-18-16-19(27)11-13-24(18,2)23(20)12-14-25(21,22)3/h7-8,16-17,20-23H,4-6,9-14H2,1-3H3/t17-,20+,21-,22+,23+,24+,25-/m1/s1. The van der Waals surface area contributed by atoms with Crippen molar-refractivity contribution in [1.82, 2.24) is 0 Å². The zero-order valence-electron chi connectivity index (χ0n) is 17.3. The molecule has 2 fully saturated rings. The van der Waals surface area contributed by atoms with Crippen LogP contribution in [0, 0.1) is 51.8 Å². The van der Waals surface area contributed by atoms with Gasteiger partial charge in [-0.3, -0.25) is 4.79 Å². The van der Waals surface area contributed by atoms with Gasteiger partial charge in [-0.1, -0.05) is 32.9 Å². The quantitative estimate of drug-likeness (QED) is 0.553. The number of hydrogen-bond donors (Lipinski definition) is 0. The van der Waals surface area contributed by atoms with Crippen LogP contribution in [0.15, 0.2) is 23.8 Å². The first-order valence-corrected chi connectivity index (χ1v) is 11.2. The van der Waals surface area contributed by atoms with Crippen molar-refractivity contribution < 1.29 is 4.79 Å². The Morgan fingerprint density at radius 2 is 2.04 bits per heavy atom. The number of ketones is 1. The summed E-state index contributed by atoms with van der Waals surface area (Å²) in [7, 11) is 0. The van der Waals surface area contributed by atoms with E-state index in [0.29, 0.717) is 29.5 Å². The van der Waals surface area contributed by atoms with Crippen molar-refractivity contribution >= 4 is 5.78 Å². The summed E-state index contributed by atoms with van der Waals surface area (Å²) in [6, 6.07) is 2.31. The van der Waals surface area contributed by atoms with E-state index in [1.165, 1.54) is 37.7 Å². The number of nitrogens with zero attached hydrogens (tertiary/aromatic N) is 1. The van der Waals surface area contributed by atoms with Crippen LogP contribution in [0.4, 0.5) is 0 Å². The van der Waals surface area contributed by atoms with Crippen LogP contribution in [0.1, 0.15) is 78.6 Å². The molecule has 0 heterocycles.